The molecule has 2 amide bonds. The van der Waals surface area contributed by atoms with E-state index < -0.39 is 11.1 Å². The number of carbonyl (C=O) groups is 2. The minimum Gasteiger partial charge on any atom is -0.385 e. The summed E-state index contributed by atoms with van der Waals surface area (Å²) in [6.07, 6.45) is 2.80. The Morgan fingerprint density at radius 2 is 1.95 bits per heavy atom. The first-order valence-electron chi connectivity index (χ1n) is 6.97. The Morgan fingerprint density at radius 1 is 1.32 bits per heavy atom. The van der Waals surface area contributed by atoms with Crippen LogP contribution in [0.1, 0.15) is 40.0 Å². The van der Waals surface area contributed by atoms with Crippen LogP contribution >= 0.6 is 0 Å². The topological polar surface area (TPSA) is 58.6 Å². The highest BCUT2D eigenvalue weighted by Crippen LogP contribution is 2.43. The number of nitrogens with zero attached hydrogens (tertiary/aromatic N) is 1. The molecule has 19 heavy (non-hydrogen) atoms. The largest absolute Gasteiger partial charge is 0.385 e. The average molecular weight is 268 g/mol. The van der Waals surface area contributed by atoms with Crippen LogP contribution in [0.15, 0.2) is 0 Å². The SMILES string of the molecule is COCCCN1C(=O)C(C)(C2CC2)NC(=O)C1(C)C. The summed E-state index contributed by atoms with van der Waals surface area (Å²) in [6.45, 7) is 6.64. The molecule has 1 aliphatic carbocycles. The van der Waals surface area contributed by atoms with Gasteiger partial charge in [-0.2, -0.15) is 0 Å². The molecule has 1 saturated carbocycles. The van der Waals surface area contributed by atoms with Crippen molar-refractivity contribution >= 4 is 11.8 Å². The lowest BCUT2D eigenvalue weighted by Gasteiger charge is -2.49. The standard InChI is InChI=1S/C14H24N2O3/c1-13(2)11(17)15-14(3,10-6-7-10)12(18)16(13)8-5-9-19-4/h10H,5-9H2,1-4H3,(H,15,17). The third-order valence-electron chi connectivity index (χ3n) is 4.42. The fourth-order valence-corrected chi connectivity index (χ4v) is 2.78. The van der Waals surface area contributed by atoms with Crippen LogP contribution in [0, 0.1) is 5.92 Å². The van der Waals surface area contributed by atoms with Gasteiger partial charge in [-0.25, -0.2) is 0 Å². The third-order valence-corrected chi connectivity index (χ3v) is 4.42. The molecule has 0 radical (unpaired) electrons. The van der Waals surface area contributed by atoms with Gasteiger partial charge in [-0.3, -0.25) is 9.59 Å². The Bertz CT molecular complexity index is 390. The molecule has 1 unspecified atom stereocenters. The summed E-state index contributed by atoms with van der Waals surface area (Å²) in [4.78, 5) is 26.8. The zero-order chi connectivity index (χ0) is 14.3. The highest BCUT2D eigenvalue weighted by atomic mass is 16.5. The van der Waals surface area contributed by atoms with E-state index in [1.54, 1.807) is 25.9 Å². The van der Waals surface area contributed by atoms with E-state index in [2.05, 4.69) is 5.32 Å². The van der Waals surface area contributed by atoms with Gasteiger partial charge in [0.15, 0.2) is 0 Å². The van der Waals surface area contributed by atoms with Gasteiger partial charge in [0.05, 0.1) is 0 Å². The summed E-state index contributed by atoms with van der Waals surface area (Å²) in [5.74, 6) is 0.291. The molecule has 1 saturated heterocycles. The van der Waals surface area contributed by atoms with Gasteiger partial charge in [-0.15, -0.1) is 0 Å². The van der Waals surface area contributed by atoms with Gasteiger partial charge in [0.1, 0.15) is 11.1 Å². The minimum atomic E-state index is -0.779. The number of rotatable bonds is 5. The van der Waals surface area contributed by atoms with Crippen LogP contribution in [0.2, 0.25) is 0 Å². The van der Waals surface area contributed by atoms with Crippen LogP contribution in [0.3, 0.4) is 0 Å². The Hall–Kier alpha value is -1.10. The number of nitrogens with one attached hydrogen (secondary N) is 1. The summed E-state index contributed by atoms with van der Waals surface area (Å²) in [6, 6.07) is 0. The summed E-state index contributed by atoms with van der Waals surface area (Å²) in [7, 11) is 1.64. The smallest absolute Gasteiger partial charge is 0.249 e. The lowest BCUT2D eigenvalue weighted by Crippen LogP contribution is -2.74. The second-order valence-corrected chi connectivity index (χ2v) is 6.29. The molecule has 108 valence electrons. The number of methoxy groups -OCH3 is 1. The van der Waals surface area contributed by atoms with Gasteiger partial charge in [0, 0.05) is 20.3 Å². The maximum atomic E-state index is 12.8. The predicted molar refractivity (Wildman–Crippen MR) is 71.6 cm³/mol. The molecule has 2 fully saturated rings. The molecule has 1 atom stereocenters. The molecule has 2 rings (SSSR count). The van der Waals surface area contributed by atoms with E-state index in [9.17, 15) is 9.59 Å². The monoisotopic (exact) mass is 268 g/mol. The van der Waals surface area contributed by atoms with E-state index in [-0.39, 0.29) is 11.8 Å². The maximum Gasteiger partial charge on any atom is 0.249 e. The second-order valence-electron chi connectivity index (χ2n) is 6.29. The number of piperazine rings is 1. The van der Waals surface area contributed by atoms with Crippen LogP contribution < -0.4 is 5.32 Å². The molecule has 5 heteroatoms. The molecule has 5 nitrogen and oxygen atoms in total. The number of hydrogen-bond donors (Lipinski definition) is 1. The van der Waals surface area contributed by atoms with Crippen LogP contribution in [-0.4, -0.2) is 48.1 Å². The second kappa shape index (κ2) is 4.78. The summed E-state index contributed by atoms with van der Waals surface area (Å²) in [5, 5.41) is 2.95. The van der Waals surface area contributed by atoms with Crippen LogP contribution in [0.25, 0.3) is 0 Å². The van der Waals surface area contributed by atoms with E-state index in [0.29, 0.717) is 19.1 Å². The van der Waals surface area contributed by atoms with E-state index >= 15 is 0 Å². The van der Waals surface area contributed by atoms with E-state index in [1.165, 1.54) is 0 Å². The van der Waals surface area contributed by atoms with Gasteiger partial charge >= 0.3 is 0 Å². The van der Waals surface area contributed by atoms with E-state index in [1.807, 2.05) is 6.92 Å². The van der Waals surface area contributed by atoms with Crippen molar-refractivity contribution in [2.75, 3.05) is 20.3 Å². The van der Waals surface area contributed by atoms with Crippen molar-refractivity contribution < 1.29 is 14.3 Å². The average Bonchev–Trinajstić information content (AvgIpc) is 3.16. The first kappa shape index (κ1) is 14.3. The lowest BCUT2D eigenvalue weighted by molar-refractivity contribution is -0.161. The fraction of sp³-hybridized carbons (Fsp3) is 0.857. The fourth-order valence-electron chi connectivity index (χ4n) is 2.78. The van der Waals surface area contributed by atoms with E-state index in [0.717, 1.165) is 19.3 Å². The minimum absolute atomic E-state index is 0.0516. The Labute approximate surface area is 114 Å². The number of carbonyl (C=O) groups excluding carboxylic acids is 2. The van der Waals surface area contributed by atoms with Gasteiger partial charge in [-0.1, -0.05) is 0 Å². The van der Waals surface area contributed by atoms with Gasteiger partial charge in [0.2, 0.25) is 11.8 Å². The summed E-state index contributed by atoms with van der Waals surface area (Å²) in [5.41, 5.74) is -1.49. The van der Waals surface area contributed by atoms with Crippen molar-refractivity contribution in [1.29, 1.82) is 0 Å². The van der Waals surface area contributed by atoms with Gasteiger partial charge < -0.3 is 15.0 Å². The molecule has 1 heterocycles. The molecule has 0 spiro atoms. The van der Waals surface area contributed by atoms with Crippen molar-refractivity contribution in [2.45, 2.75) is 51.1 Å². The molecule has 0 aromatic heterocycles. The number of ether oxygens (including phenoxy) is 1. The predicted octanol–water partition coefficient (Wildman–Crippen LogP) is 0.929. The zero-order valence-electron chi connectivity index (χ0n) is 12.3. The number of amides is 2. The van der Waals surface area contributed by atoms with Crippen LogP contribution in [0.4, 0.5) is 0 Å². The van der Waals surface area contributed by atoms with Crippen molar-refractivity contribution in [1.82, 2.24) is 10.2 Å². The van der Waals surface area contributed by atoms with Gasteiger partial charge in [-0.05, 0) is 46.0 Å². The van der Waals surface area contributed by atoms with Crippen LogP contribution in [0.5, 0.6) is 0 Å². The molecular formula is C14H24N2O3. The highest BCUT2D eigenvalue weighted by molar-refractivity contribution is 6.02. The third kappa shape index (κ3) is 2.36. The molecule has 0 aromatic carbocycles. The van der Waals surface area contributed by atoms with E-state index in [4.69, 9.17) is 4.74 Å². The Balaban J connectivity index is 2.19. The molecule has 1 N–H and O–H groups in total. The Morgan fingerprint density at radius 3 is 2.47 bits per heavy atom. The van der Waals surface area contributed by atoms with Crippen molar-refractivity contribution in [2.24, 2.45) is 5.92 Å². The Kier molecular flexibility index (Phi) is 3.60. The van der Waals surface area contributed by atoms with Crippen LogP contribution in [-0.2, 0) is 14.3 Å². The quantitative estimate of drug-likeness (QED) is 0.755. The first-order chi connectivity index (χ1) is 8.84. The van der Waals surface area contributed by atoms with Crippen molar-refractivity contribution in [3.8, 4) is 0 Å². The molecule has 2 aliphatic rings. The summed E-state index contributed by atoms with van der Waals surface area (Å²) < 4.78 is 5.04. The molecule has 0 bridgehead atoms. The highest BCUT2D eigenvalue weighted by Gasteiger charge is 2.57. The van der Waals surface area contributed by atoms with Gasteiger partial charge in [0.25, 0.3) is 0 Å². The normalized spacial score (nSPS) is 30.4. The maximum absolute atomic E-state index is 12.8. The lowest BCUT2D eigenvalue weighted by atomic mass is 9.85. The zero-order valence-corrected chi connectivity index (χ0v) is 12.3. The number of hydrogen-bond acceptors (Lipinski definition) is 3. The molecule has 0 aromatic rings. The van der Waals surface area contributed by atoms with Crippen molar-refractivity contribution in [3.63, 3.8) is 0 Å². The first-order valence-corrected chi connectivity index (χ1v) is 6.97. The van der Waals surface area contributed by atoms with Crippen molar-refractivity contribution in [3.05, 3.63) is 0 Å². The molecule has 1 aliphatic heterocycles. The molecular weight excluding hydrogens is 244 g/mol. The summed E-state index contributed by atoms with van der Waals surface area (Å²) >= 11 is 0.